The molecule has 1 aliphatic carbocycles. The molecule has 2 aliphatic rings. The van der Waals surface area contributed by atoms with Crippen LogP contribution in [0.5, 0.6) is 5.75 Å². The average Bonchev–Trinajstić information content (AvgIpc) is 2.75. The first-order valence-electron chi connectivity index (χ1n) is 5.66. The number of tetrazole rings is 1. The minimum Gasteiger partial charge on any atom is -0.477 e. The molecule has 6 nitrogen and oxygen atoms in total. The molecule has 0 atom stereocenters. The minimum absolute atomic E-state index is 0.313. The Labute approximate surface area is 97.4 Å². The number of hydrogen-bond acceptors (Lipinski definition) is 5. The predicted molar refractivity (Wildman–Crippen MR) is 59.7 cm³/mol. The number of fused-ring (bicyclic) bond motifs is 4. The monoisotopic (exact) mass is 229 g/mol. The summed E-state index contributed by atoms with van der Waals surface area (Å²) in [4.78, 5) is 0. The van der Waals surface area contributed by atoms with E-state index in [0.717, 1.165) is 36.5 Å². The Balaban J connectivity index is 1.98. The Bertz CT molecular complexity index is 602. The van der Waals surface area contributed by atoms with Crippen LogP contribution in [0.1, 0.15) is 25.1 Å². The summed E-state index contributed by atoms with van der Waals surface area (Å²) < 4.78 is 7.82. The van der Waals surface area contributed by atoms with E-state index in [4.69, 9.17) is 10.5 Å². The van der Waals surface area contributed by atoms with E-state index >= 15 is 0 Å². The lowest BCUT2D eigenvalue weighted by Crippen LogP contribution is -2.45. The number of anilines is 1. The van der Waals surface area contributed by atoms with Crippen LogP contribution in [0.4, 0.5) is 5.69 Å². The molecule has 17 heavy (non-hydrogen) atoms. The molecule has 1 aromatic heterocycles. The van der Waals surface area contributed by atoms with E-state index < -0.39 is 0 Å². The predicted octanol–water partition coefficient (Wildman–Crippen LogP) is 1.02. The third-order valence-electron chi connectivity index (χ3n) is 3.55. The van der Waals surface area contributed by atoms with Gasteiger partial charge in [-0.2, -0.15) is 4.68 Å². The topological polar surface area (TPSA) is 78.9 Å². The molecule has 0 unspecified atom stereocenters. The summed E-state index contributed by atoms with van der Waals surface area (Å²) in [5, 5.41) is 11.9. The van der Waals surface area contributed by atoms with Crippen LogP contribution in [0.25, 0.3) is 5.69 Å². The average molecular weight is 229 g/mol. The van der Waals surface area contributed by atoms with Crippen LogP contribution >= 0.6 is 0 Å². The summed E-state index contributed by atoms with van der Waals surface area (Å²) in [6.07, 6.45) is 3.09. The highest BCUT2D eigenvalue weighted by molar-refractivity contribution is 5.58. The van der Waals surface area contributed by atoms with Gasteiger partial charge in [0, 0.05) is 5.69 Å². The molecule has 0 amide bonds. The van der Waals surface area contributed by atoms with Crippen LogP contribution in [0.15, 0.2) is 18.2 Å². The molecule has 2 aromatic rings. The van der Waals surface area contributed by atoms with E-state index in [1.807, 2.05) is 18.2 Å². The summed E-state index contributed by atoms with van der Waals surface area (Å²) in [7, 11) is 0. The second-order valence-corrected chi connectivity index (χ2v) is 4.59. The largest absolute Gasteiger partial charge is 0.477 e. The number of benzene rings is 1. The summed E-state index contributed by atoms with van der Waals surface area (Å²) in [6, 6.07) is 5.55. The van der Waals surface area contributed by atoms with Gasteiger partial charge in [0.25, 0.3) is 0 Å². The van der Waals surface area contributed by atoms with Crippen molar-refractivity contribution in [3.8, 4) is 11.4 Å². The summed E-state index contributed by atoms with van der Waals surface area (Å²) in [6.45, 7) is 0. The van der Waals surface area contributed by atoms with Gasteiger partial charge < -0.3 is 10.5 Å². The van der Waals surface area contributed by atoms with E-state index in [1.165, 1.54) is 0 Å². The van der Waals surface area contributed by atoms with Gasteiger partial charge >= 0.3 is 0 Å². The van der Waals surface area contributed by atoms with Crippen molar-refractivity contribution in [1.82, 2.24) is 20.2 Å². The van der Waals surface area contributed by atoms with Gasteiger partial charge in [-0.3, -0.25) is 0 Å². The lowest BCUT2D eigenvalue weighted by molar-refractivity contribution is -0.0293. The van der Waals surface area contributed by atoms with E-state index in [-0.39, 0.29) is 5.60 Å². The fraction of sp³-hybridized carbons (Fsp3) is 0.364. The number of nitrogens with zero attached hydrogens (tertiary/aromatic N) is 4. The number of rotatable bonds is 0. The van der Waals surface area contributed by atoms with Crippen LogP contribution in [0.2, 0.25) is 0 Å². The molecule has 1 fully saturated rings. The minimum atomic E-state index is -0.313. The Kier molecular flexibility index (Phi) is 1.46. The van der Waals surface area contributed by atoms with Gasteiger partial charge in [-0.15, -0.1) is 5.10 Å². The third kappa shape index (κ3) is 1.02. The van der Waals surface area contributed by atoms with Crippen molar-refractivity contribution in [2.45, 2.75) is 24.9 Å². The molecule has 2 heterocycles. The molecular weight excluding hydrogens is 218 g/mol. The van der Waals surface area contributed by atoms with E-state index in [1.54, 1.807) is 4.68 Å². The quantitative estimate of drug-likeness (QED) is 0.682. The lowest BCUT2D eigenvalue weighted by Gasteiger charge is -2.43. The molecule has 1 aromatic carbocycles. The maximum absolute atomic E-state index is 6.08. The fourth-order valence-electron chi connectivity index (χ4n) is 2.50. The molecule has 6 heteroatoms. The van der Waals surface area contributed by atoms with Crippen LogP contribution in [-0.4, -0.2) is 20.2 Å². The molecule has 1 aliphatic heterocycles. The zero-order chi connectivity index (χ0) is 11.5. The first kappa shape index (κ1) is 8.98. The molecule has 4 rings (SSSR count). The Morgan fingerprint density at radius 2 is 2.24 bits per heavy atom. The molecule has 1 saturated carbocycles. The molecule has 86 valence electrons. The summed E-state index contributed by atoms with van der Waals surface area (Å²) >= 11 is 0. The smallest absolute Gasteiger partial charge is 0.200 e. The standard InChI is InChI=1S/C11H11N5O/c12-7-2-3-9-8(6-7)16-10(13-14-15-16)11(17-9)4-1-5-11/h2-3,6H,1,4-5,12H2. The van der Waals surface area contributed by atoms with Crippen LogP contribution < -0.4 is 10.5 Å². The molecular formula is C11H11N5O. The molecule has 2 N–H and O–H groups in total. The Morgan fingerprint density at radius 3 is 3.00 bits per heavy atom. The Hall–Kier alpha value is -2.11. The SMILES string of the molecule is Nc1ccc2c(c1)-n1nnnc1C1(CCC1)O2. The molecule has 0 radical (unpaired) electrons. The maximum Gasteiger partial charge on any atom is 0.200 e. The maximum atomic E-state index is 6.08. The number of aromatic nitrogens is 4. The van der Waals surface area contributed by atoms with E-state index in [9.17, 15) is 0 Å². The van der Waals surface area contributed by atoms with Gasteiger partial charge in [0.05, 0.1) is 0 Å². The zero-order valence-corrected chi connectivity index (χ0v) is 9.13. The van der Waals surface area contributed by atoms with E-state index in [0.29, 0.717) is 5.69 Å². The third-order valence-corrected chi connectivity index (χ3v) is 3.55. The highest BCUT2D eigenvalue weighted by Crippen LogP contribution is 2.48. The number of hydrogen-bond donors (Lipinski definition) is 1. The van der Waals surface area contributed by atoms with Gasteiger partial charge in [0.1, 0.15) is 11.4 Å². The van der Waals surface area contributed by atoms with Crippen LogP contribution in [0, 0.1) is 0 Å². The first-order valence-corrected chi connectivity index (χ1v) is 5.66. The number of nitrogen functional groups attached to an aromatic ring is 1. The molecule has 0 saturated heterocycles. The van der Waals surface area contributed by atoms with Crippen molar-refractivity contribution in [1.29, 1.82) is 0 Å². The number of nitrogens with two attached hydrogens (primary N) is 1. The van der Waals surface area contributed by atoms with E-state index in [2.05, 4.69) is 15.5 Å². The van der Waals surface area contributed by atoms with Gasteiger partial charge in [-0.25, -0.2) is 0 Å². The van der Waals surface area contributed by atoms with Gasteiger partial charge in [0.15, 0.2) is 11.4 Å². The fourth-order valence-corrected chi connectivity index (χ4v) is 2.50. The van der Waals surface area contributed by atoms with Crippen molar-refractivity contribution in [2.24, 2.45) is 0 Å². The van der Waals surface area contributed by atoms with Crippen LogP contribution in [0.3, 0.4) is 0 Å². The zero-order valence-electron chi connectivity index (χ0n) is 9.13. The van der Waals surface area contributed by atoms with Crippen molar-refractivity contribution < 1.29 is 4.74 Å². The van der Waals surface area contributed by atoms with Gasteiger partial charge in [-0.05, 0) is 47.9 Å². The van der Waals surface area contributed by atoms with Crippen LogP contribution in [-0.2, 0) is 5.60 Å². The van der Waals surface area contributed by atoms with Gasteiger partial charge in [0.2, 0.25) is 0 Å². The normalized spacial score (nSPS) is 19.1. The van der Waals surface area contributed by atoms with Crippen molar-refractivity contribution in [3.63, 3.8) is 0 Å². The van der Waals surface area contributed by atoms with Crippen molar-refractivity contribution in [3.05, 3.63) is 24.0 Å². The molecule has 0 bridgehead atoms. The molecule has 1 spiro atoms. The summed E-state index contributed by atoms with van der Waals surface area (Å²) in [5.74, 6) is 1.60. The van der Waals surface area contributed by atoms with Gasteiger partial charge in [-0.1, -0.05) is 0 Å². The second-order valence-electron chi connectivity index (χ2n) is 4.59. The number of ether oxygens (including phenoxy) is 1. The first-order chi connectivity index (χ1) is 8.28. The van der Waals surface area contributed by atoms with Crippen molar-refractivity contribution >= 4 is 5.69 Å². The summed E-state index contributed by atoms with van der Waals surface area (Å²) in [5.41, 5.74) is 6.97. The highest BCUT2D eigenvalue weighted by atomic mass is 16.5. The van der Waals surface area contributed by atoms with Crippen molar-refractivity contribution in [2.75, 3.05) is 5.73 Å². The Morgan fingerprint density at radius 1 is 1.35 bits per heavy atom. The second kappa shape index (κ2) is 2.77. The highest BCUT2D eigenvalue weighted by Gasteiger charge is 2.49. The lowest BCUT2D eigenvalue weighted by atomic mass is 9.78.